The van der Waals surface area contributed by atoms with E-state index in [2.05, 4.69) is 31.9 Å². The van der Waals surface area contributed by atoms with Crippen molar-refractivity contribution < 1.29 is 0 Å². The lowest BCUT2D eigenvalue weighted by atomic mass is 10.6. The lowest BCUT2D eigenvalue weighted by Gasteiger charge is -1.70. The quantitative estimate of drug-likeness (QED) is 0.584. The second-order valence-corrected chi connectivity index (χ2v) is 3.42. The summed E-state index contributed by atoms with van der Waals surface area (Å²) < 4.78 is 0.859. The van der Waals surface area contributed by atoms with Crippen molar-refractivity contribution in [3.63, 3.8) is 0 Å². The van der Waals surface area contributed by atoms with Crippen molar-refractivity contribution >= 4 is 31.9 Å². The molecule has 0 aliphatic heterocycles. The van der Waals surface area contributed by atoms with Gasteiger partial charge < -0.3 is 0 Å². The minimum Gasteiger partial charge on any atom is -0.0622 e. The zero-order valence-electron chi connectivity index (χ0n) is 2.99. The first-order valence-electron chi connectivity index (χ1n) is 1.33. The highest BCUT2D eigenvalue weighted by Gasteiger charge is 1.69. The van der Waals surface area contributed by atoms with Crippen LogP contribution in [0.1, 0.15) is 0 Å². The molecule has 0 nitrogen and oxygen atoms in total. The second kappa shape index (κ2) is 3.62. The van der Waals surface area contributed by atoms with Gasteiger partial charge in [-0.1, -0.05) is 12.7 Å². The average Bonchev–Trinajstić information content (AvgIpc) is 1.35. The van der Waals surface area contributed by atoms with Crippen LogP contribution in [0.4, 0.5) is 0 Å². The standard InChI is InChI=1S/C4H3Br2/c1-2-3-4(5)6/h1-3H. The molecule has 0 bridgehead atoms. The second-order valence-electron chi connectivity index (χ2n) is 0.649. The van der Waals surface area contributed by atoms with E-state index in [4.69, 9.17) is 6.58 Å². The molecule has 0 aliphatic rings. The fourth-order valence-corrected chi connectivity index (χ4v) is 0.378. The fraction of sp³-hybridized carbons (Fsp3) is 0. The van der Waals surface area contributed by atoms with Crippen LogP contribution in [0.25, 0.3) is 0 Å². The number of rotatable bonds is 1. The summed E-state index contributed by atoms with van der Waals surface area (Å²) in [4.78, 5) is 0. The average molecular weight is 211 g/mol. The Kier molecular flexibility index (Phi) is 3.89. The number of hydrogen-bond donors (Lipinski definition) is 0. The van der Waals surface area contributed by atoms with E-state index in [0.29, 0.717) is 0 Å². The Balaban J connectivity index is 3.41. The van der Waals surface area contributed by atoms with Crippen molar-refractivity contribution in [2.75, 3.05) is 0 Å². The van der Waals surface area contributed by atoms with E-state index < -0.39 is 0 Å². The SMILES string of the molecule is [CH]=CC=C(Br)Br. The molecule has 0 saturated carbocycles. The zero-order valence-corrected chi connectivity index (χ0v) is 6.16. The highest BCUT2D eigenvalue weighted by molar-refractivity contribution is 9.28. The van der Waals surface area contributed by atoms with E-state index in [-0.39, 0.29) is 0 Å². The lowest BCUT2D eigenvalue weighted by Crippen LogP contribution is -1.40. The highest BCUT2D eigenvalue weighted by atomic mass is 79.9. The Labute approximate surface area is 54.2 Å². The van der Waals surface area contributed by atoms with Gasteiger partial charge in [0.1, 0.15) is 0 Å². The van der Waals surface area contributed by atoms with Crippen molar-refractivity contribution in [1.29, 1.82) is 0 Å². The normalized spacial score (nSPS) is 7.00. The fourth-order valence-electron chi connectivity index (χ4n) is 0.0727. The molecule has 0 saturated heterocycles. The molecule has 0 aliphatic carbocycles. The molecule has 0 atom stereocenters. The smallest absolute Gasteiger partial charge is 0.0604 e. The number of hydrogen-bond acceptors (Lipinski definition) is 0. The largest absolute Gasteiger partial charge is 0.0622 e. The lowest BCUT2D eigenvalue weighted by molar-refractivity contribution is 2.08. The number of halogens is 2. The van der Waals surface area contributed by atoms with E-state index in [1.54, 1.807) is 6.08 Å². The minimum atomic E-state index is 0.859. The van der Waals surface area contributed by atoms with Crippen LogP contribution >= 0.6 is 31.9 Å². The third-order valence-electron chi connectivity index (χ3n) is 0.222. The molecule has 1 radical (unpaired) electrons. The van der Waals surface area contributed by atoms with Crippen LogP contribution in [0.5, 0.6) is 0 Å². The summed E-state index contributed by atoms with van der Waals surface area (Å²) in [5.41, 5.74) is 0. The van der Waals surface area contributed by atoms with E-state index in [0.717, 1.165) is 3.39 Å². The molecule has 0 heterocycles. The van der Waals surface area contributed by atoms with Gasteiger partial charge in [-0.15, -0.1) is 0 Å². The molecule has 0 aromatic rings. The molecular formula is C4H3Br2. The summed E-state index contributed by atoms with van der Waals surface area (Å²) in [6, 6.07) is 0. The third kappa shape index (κ3) is 4.44. The maximum Gasteiger partial charge on any atom is 0.0604 e. The maximum atomic E-state index is 4.97. The first kappa shape index (κ1) is 6.44. The molecule has 6 heavy (non-hydrogen) atoms. The van der Waals surface area contributed by atoms with Crippen LogP contribution in [0.3, 0.4) is 0 Å². The van der Waals surface area contributed by atoms with Gasteiger partial charge in [-0.3, -0.25) is 0 Å². The summed E-state index contributed by atoms with van der Waals surface area (Å²) >= 11 is 6.20. The predicted octanol–water partition coefficient (Wildman–Crippen LogP) is 2.61. The molecule has 0 spiro atoms. The Morgan fingerprint density at radius 1 is 1.50 bits per heavy atom. The molecular weight excluding hydrogens is 208 g/mol. The molecule has 0 aromatic heterocycles. The van der Waals surface area contributed by atoms with Crippen molar-refractivity contribution in [3.8, 4) is 0 Å². The van der Waals surface area contributed by atoms with Gasteiger partial charge in [-0.05, 0) is 37.9 Å². The molecule has 0 amide bonds. The summed E-state index contributed by atoms with van der Waals surface area (Å²) in [7, 11) is 0. The summed E-state index contributed by atoms with van der Waals surface area (Å²) in [6.07, 6.45) is 3.14. The molecule has 0 rings (SSSR count). The van der Waals surface area contributed by atoms with E-state index in [1.807, 2.05) is 0 Å². The van der Waals surface area contributed by atoms with E-state index in [9.17, 15) is 0 Å². The van der Waals surface area contributed by atoms with Crippen molar-refractivity contribution in [3.05, 3.63) is 22.1 Å². The van der Waals surface area contributed by atoms with Crippen LogP contribution < -0.4 is 0 Å². The third-order valence-corrected chi connectivity index (χ3v) is 0.751. The van der Waals surface area contributed by atoms with Crippen LogP contribution in [0.15, 0.2) is 15.5 Å². The first-order valence-corrected chi connectivity index (χ1v) is 2.92. The van der Waals surface area contributed by atoms with Gasteiger partial charge in [0.05, 0.1) is 3.39 Å². The Morgan fingerprint density at radius 3 is 2.00 bits per heavy atom. The molecule has 0 fully saturated rings. The van der Waals surface area contributed by atoms with Gasteiger partial charge in [0, 0.05) is 0 Å². The van der Waals surface area contributed by atoms with Crippen LogP contribution in [0.2, 0.25) is 0 Å². The predicted molar refractivity (Wildman–Crippen MR) is 34.8 cm³/mol. The van der Waals surface area contributed by atoms with Crippen molar-refractivity contribution in [2.45, 2.75) is 0 Å². The van der Waals surface area contributed by atoms with Gasteiger partial charge in [0.25, 0.3) is 0 Å². The summed E-state index contributed by atoms with van der Waals surface area (Å²) in [5.74, 6) is 0. The monoisotopic (exact) mass is 209 g/mol. The van der Waals surface area contributed by atoms with E-state index in [1.165, 1.54) is 6.08 Å². The minimum absolute atomic E-state index is 0.859. The molecule has 0 N–H and O–H groups in total. The van der Waals surface area contributed by atoms with Crippen LogP contribution in [-0.4, -0.2) is 0 Å². The molecule has 2 heteroatoms. The Morgan fingerprint density at radius 2 is 2.00 bits per heavy atom. The van der Waals surface area contributed by atoms with Gasteiger partial charge in [0.15, 0.2) is 0 Å². The summed E-state index contributed by atoms with van der Waals surface area (Å²) in [5, 5.41) is 0. The zero-order chi connectivity index (χ0) is 4.99. The van der Waals surface area contributed by atoms with Crippen LogP contribution in [0, 0.1) is 6.58 Å². The first-order chi connectivity index (χ1) is 2.77. The molecule has 0 unspecified atom stereocenters. The van der Waals surface area contributed by atoms with Crippen molar-refractivity contribution in [1.82, 2.24) is 0 Å². The topological polar surface area (TPSA) is 0 Å². The Hall–Kier alpha value is 0.440. The van der Waals surface area contributed by atoms with Gasteiger partial charge in [-0.2, -0.15) is 0 Å². The van der Waals surface area contributed by atoms with Gasteiger partial charge in [-0.25, -0.2) is 0 Å². The van der Waals surface area contributed by atoms with Gasteiger partial charge in [0.2, 0.25) is 0 Å². The van der Waals surface area contributed by atoms with Crippen molar-refractivity contribution in [2.24, 2.45) is 0 Å². The molecule has 0 aromatic carbocycles. The van der Waals surface area contributed by atoms with Crippen LogP contribution in [-0.2, 0) is 0 Å². The Bertz CT molecular complexity index is 69.6. The summed E-state index contributed by atoms with van der Waals surface area (Å²) in [6.45, 7) is 4.97. The van der Waals surface area contributed by atoms with E-state index >= 15 is 0 Å². The van der Waals surface area contributed by atoms with Gasteiger partial charge >= 0.3 is 0 Å². The molecule has 33 valence electrons. The highest BCUT2D eigenvalue weighted by Crippen LogP contribution is 2.11. The maximum absolute atomic E-state index is 4.97. The number of allylic oxidation sites excluding steroid dienone is 2.